The number of aliphatic hydroxyl groups excluding tert-OH is 1. The van der Waals surface area contributed by atoms with E-state index in [1.165, 1.54) is 4.88 Å². The molecule has 4 nitrogen and oxygen atoms in total. The zero-order valence-corrected chi connectivity index (χ0v) is 12.3. The van der Waals surface area contributed by atoms with Crippen LogP contribution in [0, 0.1) is 6.92 Å². The maximum absolute atomic E-state index is 9.72. The van der Waals surface area contributed by atoms with Crippen molar-refractivity contribution in [3.8, 4) is 0 Å². The molecule has 1 atom stereocenters. The third kappa shape index (κ3) is 3.30. The Bertz CT molecular complexity index is 524. The molecular weight excluding hydrogens is 258 g/mol. The van der Waals surface area contributed by atoms with Gasteiger partial charge in [-0.1, -0.05) is 6.92 Å². The third-order valence-electron chi connectivity index (χ3n) is 3.17. The lowest BCUT2D eigenvalue weighted by molar-refractivity contribution is 0.169. The number of aryl methyl sites for hydroxylation is 1. The van der Waals surface area contributed by atoms with E-state index in [1.54, 1.807) is 11.3 Å². The Kier molecular flexibility index (Phi) is 4.50. The first-order valence-corrected chi connectivity index (χ1v) is 7.24. The molecule has 102 valence electrons. The van der Waals surface area contributed by atoms with Crippen molar-refractivity contribution in [1.29, 1.82) is 0 Å². The van der Waals surface area contributed by atoms with Crippen molar-refractivity contribution in [3.63, 3.8) is 0 Å². The van der Waals surface area contributed by atoms with Gasteiger partial charge in [-0.3, -0.25) is 4.98 Å². The Morgan fingerprint density at radius 2 is 2.16 bits per heavy atom. The summed E-state index contributed by atoms with van der Waals surface area (Å²) in [6.45, 7) is 4.80. The van der Waals surface area contributed by atoms with Gasteiger partial charge in [0.2, 0.25) is 0 Å². The second-order valence-corrected chi connectivity index (χ2v) is 5.52. The lowest BCUT2D eigenvalue weighted by atomic mass is 10.2. The van der Waals surface area contributed by atoms with E-state index in [1.807, 2.05) is 44.7 Å². The van der Waals surface area contributed by atoms with Gasteiger partial charge in [0, 0.05) is 11.9 Å². The van der Waals surface area contributed by atoms with Crippen LogP contribution in [0.15, 0.2) is 23.8 Å². The molecule has 5 heteroatoms. The monoisotopic (exact) mass is 277 g/mol. The fourth-order valence-electron chi connectivity index (χ4n) is 1.81. The molecule has 0 aromatic carbocycles. The highest BCUT2D eigenvalue weighted by Crippen LogP contribution is 2.21. The molecule has 0 radical (unpaired) electrons. The maximum Gasteiger partial charge on any atom is 0.0957 e. The van der Waals surface area contributed by atoms with Crippen molar-refractivity contribution in [1.82, 2.24) is 9.97 Å². The fourth-order valence-corrected chi connectivity index (χ4v) is 2.64. The Balaban J connectivity index is 2.07. The van der Waals surface area contributed by atoms with Crippen LogP contribution < -0.4 is 4.90 Å². The van der Waals surface area contributed by atoms with Gasteiger partial charge in [-0.05, 0) is 25.5 Å². The second-order valence-electron chi connectivity index (χ2n) is 4.58. The molecule has 2 heterocycles. The highest BCUT2D eigenvalue weighted by molar-refractivity contribution is 7.09. The molecular formula is C14H19N3OS. The summed E-state index contributed by atoms with van der Waals surface area (Å²) < 4.78 is 0. The van der Waals surface area contributed by atoms with Crippen LogP contribution in [0.1, 0.15) is 35.7 Å². The highest BCUT2D eigenvalue weighted by Gasteiger charge is 2.09. The number of rotatable bonds is 5. The van der Waals surface area contributed by atoms with Crippen LogP contribution >= 0.6 is 11.3 Å². The smallest absolute Gasteiger partial charge is 0.0957 e. The Hall–Kier alpha value is -1.46. The number of anilines is 1. The third-order valence-corrected chi connectivity index (χ3v) is 4.09. The van der Waals surface area contributed by atoms with Gasteiger partial charge in [0.05, 0.1) is 41.4 Å². The summed E-state index contributed by atoms with van der Waals surface area (Å²) in [5.74, 6) is 0. The SMILES string of the molecule is CC[C@@H](O)c1ccc(N(C)Cc2scnc2C)cn1. The van der Waals surface area contributed by atoms with Crippen LogP contribution in [0.25, 0.3) is 0 Å². The van der Waals surface area contributed by atoms with E-state index in [9.17, 15) is 5.11 Å². The van der Waals surface area contributed by atoms with Crippen molar-refractivity contribution in [2.24, 2.45) is 0 Å². The standard InChI is InChI=1S/C14H19N3OS/c1-4-13(18)12-6-5-11(7-15-12)17(3)8-14-10(2)16-9-19-14/h5-7,9,13,18H,4,8H2,1-3H3/t13-/m1/s1. The number of aliphatic hydroxyl groups is 1. The molecule has 2 aromatic rings. The first-order valence-electron chi connectivity index (χ1n) is 6.36. The minimum absolute atomic E-state index is 0.469. The molecule has 0 aliphatic rings. The lowest BCUT2D eigenvalue weighted by Crippen LogP contribution is -2.16. The van der Waals surface area contributed by atoms with E-state index in [2.05, 4.69) is 14.9 Å². The molecule has 0 saturated carbocycles. The van der Waals surface area contributed by atoms with Gasteiger partial charge >= 0.3 is 0 Å². The lowest BCUT2D eigenvalue weighted by Gasteiger charge is -2.19. The molecule has 0 unspecified atom stereocenters. The Labute approximate surface area is 117 Å². The summed E-state index contributed by atoms with van der Waals surface area (Å²) in [4.78, 5) is 12.0. The van der Waals surface area contributed by atoms with Crippen molar-refractivity contribution in [2.75, 3.05) is 11.9 Å². The van der Waals surface area contributed by atoms with Crippen molar-refractivity contribution >= 4 is 17.0 Å². The average Bonchev–Trinajstić information content (AvgIpc) is 2.83. The fraction of sp³-hybridized carbons (Fsp3) is 0.429. The van der Waals surface area contributed by atoms with E-state index in [4.69, 9.17) is 0 Å². The molecule has 0 spiro atoms. The number of nitrogens with zero attached hydrogens (tertiary/aromatic N) is 3. The molecule has 0 aliphatic carbocycles. The molecule has 0 fully saturated rings. The minimum Gasteiger partial charge on any atom is -0.387 e. The van der Waals surface area contributed by atoms with Crippen molar-refractivity contribution < 1.29 is 5.11 Å². The van der Waals surface area contributed by atoms with E-state index >= 15 is 0 Å². The van der Waals surface area contributed by atoms with Gasteiger partial charge in [0.1, 0.15) is 0 Å². The van der Waals surface area contributed by atoms with Crippen LogP contribution in [0.4, 0.5) is 5.69 Å². The zero-order valence-electron chi connectivity index (χ0n) is 11.5. The van der Waals surface area contributed by atoms with Gasteiger partial charge in [-0.25, -0.2) is 4.98 Å². The summed E-state index contributed by atoms with van der Waals surface area (Å²) in [6, 6.07) is 3.89. The number of hydrogen-bond acceptors (Lipinski definition) is 5. The predicted molar refractivity (Wildman–Crippen MR) is 78.4 cm³/mol. The largest absolute Gasteiger partial charge is 0.387 e. The van der Waals surface area contributed by atoms with Crippen LogP contribution in [0.5, 0.6) is 0 Å². The molecule has 0 aliphatic heterocycles. The molecule has 1 N–H and O–H groups in total. The van der Waals surface area contributed by atoms with E-state index in [-0.39, 0.29) is 0 Å². The normalized spacial score (nSPS) is 12.4. The minimum atomic E-state index is -0.469. The number of hydrogen-bond donors (Lipinski definition) is 1. The van der Waals surface area contributed by atoms with Gasteiger partial charge in [0.25, 0.3) is 0 Å². The van der Waals surface area contributed by atoms with E-state index in [0.717, 1.165) is 23.6 Å². The van der Waals surface area contributed by atoms with Crippen LogP contribution in [0.2, 0.25) is 0 Å². The van der Waals surface area contributed by atoms with Crippen molar-refractivity contribution in [2.45, 2.75) is 32.9 Å². The van der Waals surface area contributed by atoms with Crippen LogP contribution in [-0.4, -0.2) is 22.1 Å². The summed E-state index contributed by atoms with van der Waals surface area (Å²) >= 11 is 1.67. The summed E-state index contributed by atoms with van der Waals surface area (Å²) in [7, 11) is 2.03. The molecule has 0 saturated heterocycles. The topological polar surface area (TPSA) is 49.2 Å². The number of aromatic nitrogens is 2. The molecule has 0 bridgehead atoms. The number of pyridine rings is 1. The molecule has 2 aromatic heterocycles. The Morgan fingerprint density at radius 1 is 1.37 bits per heavy atom. The van der Waals surface area contributed by atoms with Crippen LogP contribution in [0.3, 0.4) is 0 Å². The average molecular weight is 277 g/mol. The first kappa shape index (κ1) is 14.0. The van der Waals surface area contributed by atoms with Crippen LogP contribution in [-0.2, 0) is 6.54 Å². The first-order chi connectivity index (χ1) is 9.11. The van der Waals surface area contributed by atoms with Gasteiger partial charge in [-0.15, -0.1) is 11.3 Å². The van der Waals surface area contributed by atoms with E-state index < -0.39 is 6.10 Å². The Morgan fingerprint density at radius 3 is 2.68 bits per heavy atom. The second kappa shape index (κ2) is 6.12. The summed E-state index contributed by atoms with van der Waals surface area (Å²) in [5, 5.41) is 9.72. The molecule has 19 heavy (non-hydrogen) atoms. The van der Waals surface area contributed by atoms with Gasteiger partial charge < -0.3 is 10.0 Å². The molecule has 0 amide bonds. The van der Waals surface area contributed by atoms with Crippen molar-refractivity contribution in [3.05, 3.63) is 40.1 Å². The summed E-state index contributed by atoms with van der Waals surface area (Å²) in [6.07, 6.45) is 2.02. The maximum atomic E-state index is 9.72. The van der Waals surface area contributed by atoms with Gasteiger partial charge in [0.15, 0.2) is 0 Å². The number of thiazole rings is 1. The zero-order chi connectivity index (χ0) is 13.8. The summed E-state index contributed by atoms with van der Waals surface area (Å²) in [5.41, 5.74) is 4.73. The van der Waals surface area contributed by atoms with E-state index in [0.29, 0.717) is 6.42 Å². The predicted octanol–water partition coefficient (Wildman–Crippen LogP) is 2.93. The highest BCUT2D eigenvalue weighted by atomic mass is 32.1. The quantitative estimate of drug-likeness (QED) is 0.913. The molecule has 2 rings (SSSR count). The van der Waals surface area contributed by atoms with Gasteiger partial charge in [-0.2, -0.15) is 0 Å².